The molecule has 0 aliphatic rings. The van der Waals surface area contributed by atoms with E-state index in [1.54, 1.807) is 0 Å². The van der Waals surface area contributed by atoms with Crippen molar-refractivity contribution < 1.29 is 4.74 Å². The molecule has 0 radical (unpaired) electrons. The van der Waals surface area contributed by atoms with Gasteiger partial charge in [-0.15, -0.1) is 0 Å². The highest BCUT2D eigenvalue weighted by Crippen LogP contribution is 2.09. The normalized spacial score (nSPS) is 10.0. The van der Waals surface area contributed by atoms with Gasteiger partial charge >= 0.3 is 0 Å². The average molecular weight is 291 g/mol. The number of rotatable bonds is 5. The van der Waals surface area contributed by atoms with Gasteiger partial charge in [0, 0.05) is 17.2 Å². The third kappa shape index (κ3) is 3.95. The van der Waals surface area contributed by atoms with Crippen LogP contribution in [0.4, 0.5) is 5.69 Å². The molecule has 0 amide bonds. The van der Waals surface area contributed by atoms with E-state index in [1.807, 2.05) is 7.05 Å². The second kappa shape index (κ2) is 6.21. The predicted octanol–water partition coefficient (Wildman–Crippen LogP) is 2.68. The minimum atomic E-state index is 0.715. The second-order valence-corrected chi connectivity index (χ2v) is 3.77. The molecule has 0 atom stereocenters. The topological polar surface area (TPSA) is 21.3 Å². The van der Waals surface area contributed by atoms with Gasteiger partial charge in [0.05, 0.1) is 13.2 Å². The Morgan fingerprint density at radius 3 is 2.54 bits per heavy atom. The third-order valence-corrected chi connectivity index (χ3v) is 2.17. The van der Waals surface area contributed by atoms with Crippen LogP contribution in [0.1, 0.15) is 5.56 Å². The molecule has 0 aliphatic carbocycles. The fourth-order valence-electron chi connectivity index (χ4n) is 1.01. The van der Waals surface area contributed by atoms with Gasteiger partial charge in [0.1, 0.15) is 0 Å². The molecule has 0 unspecified atom stereocenters. The molecule has 0 aromatic heterocycles. The fourth-order valence-corrected chi connectivity index (χ4v) is 1.32. The summed E-state index contributed by atoms with van der Waals surface area (Å²) in [6.45, 7) is 1.54. The number of alkyl halides is 1. The summed E-state index contributed by atoms with van der Waals surface area (Å²) in [7, 11) is 1.92. The average Bonchev–Trinajstić information content (AvgIpc) is 2.19. The van der Waals surface area contributed by atoms with E-state index in [0.717, 1.165) is 16.7 Å². The van der Waals surface area contributed by atoms with E-state index in [4.69, 9.17) is 4.74 Å². The first-order valence-corrected chi connectivity index (χ1v) is 5.80. The SMILES string of the molecule is CNc1ccc(COCCI)cc1. The van der Waals surface area contributed by atoms with Gasteiger partial charge in [0.2, 0.25) is 0 Å². The lowest BCUT2D eigenvalue weighted by Gasteiger charge is -2.03. The first-order chi connectivity index (χ1) is 6.36. The van der Waals surface area contributed by atoms with Gasteiger partial charge in [0.25, 0.3) is 0 Å². The van der Waals surface area contributed by atoms with Crippen molar-refractivity contribution in [2.24, 2.45) is 0 Å². The van der Waals surface area contributed by atoms with E-state index in [2.05, 4.69) is 52.2 Å². The zero-order valence-electron chi connectivity index (χ0n) is 7.72. The van der Waals surface area contributed by atoms with Crippen LogP contribution in [-0.2, 0) is 11.3 Å². The zero-order valence-corrected chi connectivity index (χ0v) is 9.87. The Bertz CT molecular complexity index is 235. The maximum absolute atomic E-state index is 5.41. The van der Waals surface area contributed by atoms with Gasteiger partial charge in [-0.1, -0.05) is 34.7 Å². The minimum Gasteiger partial charge on any atom is -0.388 e. The molecular weight excluding hydrogens is 277 g/mol. The molecule has 0 saturated heterocycles. The maximum Gasteiger partial charge on any atom is 0.0717 e. The molecule has 13 heavy (non-hydrogen) atoms. The zero-order chi connectivity index (χ0) is 9.52. The number of benzene rings is 1. The van der Waals surface area contributed by atoms with Gasteiger partial charge in [-0.25, -0.2) is 0 Å². The monoisotopic (exact) mass is 291 g/mol. The quantitative estimate of drug-likeness (QED) is 0.511. The van der Waals surface area contributed by atoms with Crippen LogP contribution in [0.15, 0.2) is 24.3 Å². The number of ether oxygens (including phenoxy) is 1. The van der Waals surface area contributed by atoms with Crippen molar-refractivity contribution >= 4 is 28.3 Å². The van der Waals surface area contributed by atoms with Gasteiger partial charge in [0.15, 0.2) is 0 Å². The van der Waals surface area contributed by atoms with E-state index in [0.29, 0.717) is 6.61 Å². The van der Waals surface area contributed by atoms with Crippen LogP contribution < -0.4 is 5.32 Å². The molecule has 1 rings (SSSR count). The minimum absolute atomic E-state index is 0.715. The molecule has 0 aliphatic heterocycles. The highest BCUT2D eigenvalue weighted by Gasteiger charge is 1.92. The smallest absolute Gasteiger partial charge is 0.0717 e. The molecule has 3 heteroatoms. The highest BCUT2D eigenvalue weighted by atomic mass is 127. The molecule has 0 bridgehead atoms. The number of hydrogen-bond acceptors (Lipinski definition) is 2. The Labute approximate surface area is 92.8 Å². The van der Waals surface area contributed by atoms with Crippen LogP contribution in [-0.4, -0.2) is 18.1 Å². The number of hydrogen-bond donors (Lipinski definition) is 1. The van der Waals surface area contributed by atoms with Crippen molar-refractivity contribution in [3.63, 3.8) is 0 Å². The van der Waals surface area contributed by atoms with Crippen LogP contribution in [0.5, 0.6) is 0 Å². The van der Waals surface area contributed by atoms with Gasteiger partial charge in [-0.3, -0.25) is 0 Å². The Kier molecular flexibility index (Phi) is 5.15. The summed E-state index contributed by atoms with van der Waals surface area (Å²) in [6, 6.07) is 8.28. The molecule has 0 saturated carbocycles. The predicted molar refractivity (Wildman–Crippen MR) is 64.5 cm³/mol. The Balaban J connectivity index is 2.40. The molecule has 72 valence electrons. The molecule has 0 heterocycles. The number of halogens is 1. The molecule has 1 N–H and O–H groups in total. The Morgan fingerprint density at radius 2 is 2.00 bits per heavy atom. The van der Waals surface area contributed by atoms with E-state index in [9.17, 15) is 0 Å². The molecule has 2 nitrogen and oxygen atoms in total. The lowest BCUT2D eigenvalue weighted by Crippen LogP contribution is -1.96. The molecule has 0 fully saturated rings. The molecule has 1 aromatic carbocycles. The summed E-state index contributed by atoms with van der Waals surface area (Å²) in [5, 5.41) is 3.08. The lowest BCUT2D eigenvalue weighted by atomic mass is 10.2. The first kappa shape index (κ1) is 10.8. The largest absolute Gasteiger partial charge is 0.388 e. The van der Waals surface area contributed by atoms with E-state index >= 15 is 0 Å². The Morgan fingerprint density at radius 1 is 1.31 bits per heavy atom. The number of nitrogens with one attached hydrogen (secondary N) is 1. The summed E-state index contributed by atoms with van der Waals surface area (Å²) in [5.41, 5.74) is 2.36. The van der Waals surface area contributed by atoms with Crippen molar-refractivity contribution in [3.8, 4) is 0 Å². The van der Waals surface area contributed by atoms with Crippen LogP contribution in [0.2, 0.25) is 0 Å². The summed E-state index contributed by atoms with van der Waals surface area (Å²) in [4.78, 5) is 0. The van der Waals surface area contributed by atoms with Crippen LogP contribution >= 0.6 is 22.6 Å². The van der Waals surface area contributed by atoms with Gasteiger partial charge < -0.3 is 10.1 Å². The van der Waals surface area contributed by atoms with E-state index in [1.165, 1.54) is 5.56 Å². The fraction of sp³-hybridized carbons (Fsp3) is 0.400. The van der Waals surface area contributed by atoms with E-state index in [-0.39, 0.29) is 0 Å². The van der Waals surface area contributed by atoms with Crippen LogP contribution in [0, 0.1) is 0 Å². The van der Waals surface area contributed by atoms with Gasteiger partial charge in [-0.05, 0) is 17.7 Å². The van der Waals surface area contributed by atoms with E-state index < -0.39 is 0 Å². The summed E-state index contributed by atoms with van der Waals surface area (Å²) in [5.74, 6) is 0. The van der Waals surface area contributed by atoms with Gasteiger partial charge in [-0.2, -0.15) is 0 Å². The summed E-state index contributed by atoms with van der Waals surface area (Å²) < 4.78 is 6.46. The Hall–Kier alpha value is -0.290. The van der Waals surface area contributed by atoms with Crippen molar-refractivity contribution in [2.45, 2.75) is 6.61 Å². The maximum atomic E-state index is 5.41. The third-order valence-electron chi connectivity index (χ3n) is 1.73. The molecule has 1 aromatic rings. The summed E-state index contributed by atoms with van der Waals surface area (Å²) >= 11 is 2.31. The second-order valence-electron chi connectivity index (χ2n) is 2.69. The van der Waals surface area contributed by atoms with Crippen molar-refractivity contribution in [2.75, 3.05) is 23.4 Å². The van der Waals surface area contributed by atoms with Crippen molar-refractivity contribution in [1.82, 2.24) is 0 Å². The first-order valence-electron chi connectivity index (χ1n) is 4.27. The van der Waals surface area contributed by atoms with Crippen molar-refractivity contribution in [1.29, 1.82) is 0 Å². The van der Waals surface area contributed by atoms with Crippen LogP contribution in [0.25, 0.3) is 0 Å². The molecular formula is C10H14INO. The number of anilines is 1. The van der Waals surface area contributed by atoms with Crippen molar-refractivity contribution in [3.05, 3.63) is 29.8 Å². The standard InChI is InChI=1S/C10H14INO/c1-12-10-4-2-9(3-5-10)8-13-7-6-11/h2-5,12H,6-8H2,1H3. The highest BCUT2D eigenvalue weighted by molar-refractivity contribution is 14.1. The lowest BCUT2D eigenvalue weighted by molar-refractivity contribution is 0.138. The molecule has 0 spiro atoms. The summed E-state index contributed by atoms with van der Waals surface area (Å²) in [6.07, 6.45) is 0. The van der Waals surface area contributed by atoms with Crippen LogP contribution in [0.3, 0.4) is 0 Å².